The maximum atomic E-state index is 15.5. The fraction of sp³-hybridized carbons (Fsp3) is 0.686. The van der Waals surface area contributed by atoms with Gasteiger partial charge in [0.05, 0.1) is 26.4 Å². The molecular formula is C70H100F10O4. The van der Waals surface area contributed by atoms with Gasteiger partial charge in [-0.2, -0.15) is 0 Å². The first kappa shape index (κ1) is 73.5. The lowest BCUT2D eigenvalue weighted by molar-refractivity contribution is 0.237. The quantitative estimate of drug-likeness (QED) is 0.0186. The van der Waals surface area contributed by atoms with Gasteiger partial charge < -0.3 is 18.9 Å². The predicted molar refractivity (Wildman–Crippen MR) is 320 cm³/mol. The Labute approximate surface area is 499 Å². The van der Waals surface area contributed by atoms with Crippen molar-refractivity contribution < 1.29 is 62.9 Å². The molecule has 0 bridgehead atoms. The van der Waals surface area contributed by atoms with Crippen molar-refractivity contribution in [1.29, 1.82) is 0 Å². The molecule has 0 aromatic heterocycles. The zero-order valence-electron chi connectivity index (χ0n) is 51.5. The summed E-state index contributed by atoms with van der Waals surface area (Å²) < 4.78 is 176. The second kappa shape index (κ2) is 45.6. The van der Waals surface area contributed by atoms with Crippen LogP contribution in [0.5, 0.6) is 23.0 Å². The molecule has 4 nitrogen and oxygen atoms in total. The number of unbranched alkanes of at least 4 members (excludes halogenated alkanes) is 36. The molecular weight excluding hydrogens is 1090 g/mol. The normalized spacial score (nSPS) is 11.2. The van der Waals surface area contributed by atoms with Crippen LogP contribution in [0, 0.1) is 81.9 Å². The molecule has 0 saturated heterocycles. The van der Waals surface area contributed by atoms with E-state index in [1.165, 1.54) is 51.4 Å². The monoisotopic (exact) mass is 1190 g/mol. The van der Waals surface area contributed by atoms with E-state index in [-0.39, 0.29) is 60.6 Å². The highest BCUT2D eigenvalue weighted by Gasteiger charge is 2.31. The van der Waals surface area contributed by atoms with E-state index in [1.807, 2.05) is 0 Å². The molecule has 0 unspecified atom stereocenters. The van der Waals surface area contributed by atoms with Crippen LogP contribution < -0.4 is 18.9 Å². The number of hydrogen-bond donors (Lipinski definition) is 0. The largest absolute Gasteiger partial charge is 0.488 e. The number of hydrogen-bond acceptors (Lipinski definition) is 4. The zero-order valence-corrected chi connectivity index (χ0v) is 51.5. The van der Waals surface area contributed by atoms with Gasteiger partial charge in [0.25, 0.3) is 0 Å². The summed E-state index contributed by atoms with van der Waals surface area (Å²) in [6, 6.07) is 0. The minimum Gasteiger partial charge on any atom is -0.488 e. The Bertz CT molecular complexity index is 2140. The minimum atomic E-state index is -2.36. The first-order chi connectivity index (χ1) is 40.9. The van der Waals surface area contributed by atoms with Crippen molar-refractivity contribution in [2.45, 2.75) is 285 Å². The van der Waals surface area contributed by atoms with Gasteiger partial charge in [0.15, 0.2) is 69.5 Å². The summed E-state index contributed by atoms with van der Waals surface area (Å²) in [6.45, 7) is 8.64. The van der Waals surface area contributed by atoms with E-state index in [2.05, 4.69) is 51.4 Å². The third kappa shape index (κ3) is 26.9. The molecule has 0 spiro atoms. The molecule has 0 amide bonds. The van der Waals surface area contributed by atoms with Crippen LogP contribution in [-0.4, -0.2) is 26.4 Å². The molecule has 0 fully saturated rings. The van der Waals surface area contributed by atoms with Crippen LogP contribution >= 0.6 is 0 Å². The smallest absolute Gasteiger partial charge is 0.200 e. The second-order valence-corrected chi connectivity index (χ2v) is 22.6. The number of halogens is 10. The van der Waals surface area contributed by atoms with Gasteiger partial charge in [-0.1, -0.05) is 283 Å². The third-order valence-electron chi connectivity index (χ3n) is 15.3. The van der Waals surface area contributed by atoms with Gasteiger partial charge in [0, 0.05) is 0 Å². The lowest BCUT2D eigenvalue weighted by Crippen LogP contribution is -2.12. The zero-order chi connectivity index (χ0) is 61.2. The number of benzene rings is 3. The molecule has 0 N–H and O–H groups in total. The fourth-order valence-corrected chi connectivity index (χ4v) is 10.2. The molecule has 3 aromatic rings. The van der Waals surface area contributed by atoms with E-state index >= 15 is 17.6 Å². The van der Waals surface area contributed by atoms with Crippen LogP contribution in [0.4, 0.5) is 43.9 Å². The summed E-state index contributed by atoms with van der Waals surface area (Å²) >= 11 is 0. The summed E-state index contributed by atoms with van der Waals surface area (Å²) in [7, 11) is 0. The minimum absolute atomic E-state index is 0.0104. The van der Waals surface area contributed by atoms with Crippen LogP contribution in [0.1, 0.15) is 307 Å². The summed E-state index contributed by atoms with van der Waals surface area (Å²) in [6.07, 6.45) is 39.7. The fourth-order valence-electron chi connectivity index (χ4n) is 10.2. The lowest BCUT2D eigenvalue weighted by atomic mass is 10.0. The maximum absolute atomic E-state index is 15.5. The van der Waals surface area contributed by atoms with Crippen molar-refractivity contribution >= 4 is 0 Å². The van der Waals surface area contributed by atoms with Crippen molar-refractivity contribution in [3.8, 4) is 46.7 Å². The van der Waals surface area contributed by atoms with E-state index in [4.69, 9.17) is 18.9 Å². The van der Waals surface area contributed by atoms with Gasteiger partial charge in [0.2, 0.25) is 11.6 Å². The lowest BCUT2D eigenvalue weighted by Gasteiger charge is -2.23. The Morgan fingerprint density at radius 2 is 0.333 bits per heavy atom. The predicted octanol–water partition coefficient (Wildman–Crippen LogP) is 23.1. The Balaban J connectivity index is 2.32. The summed E-state index contributed by atoms with van der Waals surface area (Å²) in [5, 5.41) is 0. The van der Waals surface area contributed by atoms with Gasteiger partial charge >= 0.3 is 0 Å². The first-order valence-electron chi connectivity index (χ1n) is 32.7. The highest BCUT2D eigenvalue weighted by molar-refractivity contribution is 5.76. The third-order valence-corrected chi connectivity index (χ3v) is 15.3. The van der Waals surface area contributed by atoms with Crippen LogP contribution in [0.2, 0.25) is 0 Å². The molecule has 0 aliphatic rings. The summed E-state index contributed by atoms with van der Waals surface area (Å²) in [5.74, 6) is -13.5. The van der Waals surface area contributed by atoms with Crippen molar-refractivity contribution in [3.05, 3.63) is 80.4 Å². The standard InChI is InChI=1S/C70H100F10O4/c1-5-9-13-17-21-25-29-33-37-41-49-81-67-55(47-45-53-57(71)61(75)65(79)62(76)58(53)72)69(83-51-43-39-35-31-27-23-19-15-11-7-3)70(84-52-44-40-36-32-28-24-20-16-12-8-4)56(48-46-54-59(73)63(77)66(80)64(78)60(54)74)68(67)82-50-42-38-34-30-26-22-18-14-10-6-2/h5-44,49-52H2,1-4H3. The molecule has 3 rings (SSSR count). The Hall–Kier alpha value is -4.72. The summed E-state index contributed by atoms with van der Waals surface area (Å²) in [5.41, 5.74) is -3.36. The number of rotatable bonds is 48. The molecule has 474 valence electrons. The van der Waals surface area contributed by atoms with Gasteiger partial charge in [-0.05, 0) is 25.7 Å². The highest BCUT2D eigenvalue weighted by atomic mass is 19.2. The molecule has 84 heavy (non-hydrogen) atoms. The van der Waals surface area contributed by atoms with E-state index in [9.17, 15) is 26.3 Å². The van der Waals surface area contributed by atoms with E-state index in [1.54, 1.807) is 0 Å². The van der Waals surface area contributed by atoms with Crippen molar-refractivity contribution in [1.82, 2.24) is 0 Å². The molecule has 0 heterocycles. The van der Waals surface area contributed by atoms with E-state index < -0.39 is 69.3 Å². The average molecular weight is 1200 g/mol. The number of ether oxygens (including phenoxy) is 4. The van der Waals surface area contributed by atoms with Gasteiger partial charge in [-0.15, -0.1) is 0 Å². The maximum Gasteiger partial charge on any atom is 0.200 e. The Morgan fingerprint density at radius 1 is 0.190 bits per heavy atom. The highest BCUT2D eigenvalue weighted by Crippen LogP contribution is 2.49. The average Bonchev–Trinajstić information content (AvgIpc) is 3.43. The van der Waals surface area contributed by atoms with Gasteiger partial charge in [0.1, 0.15) is 22.3 Å². The van der Waals surface area contributed by atoms with Crippen LogP contribution in [0.15, 0.2) is 0 Å². The SMILES string of the molecule is CCCCCCCCCCCCOc1c(C#Cc2c(F)c(F)c(F)c(F)c2F)c(OCCCCCCCCCCCC)c(OCCCCCCCCCCCC)c(C#Cc2c(F)c(F)c(F)c(F)c2F)c1OCCCCCCCCCCCC. The van der Waals surface area contributed by atoms with Crippen LogP contribution in [0.25, 0.3) is 0 Å². The topological polar surface area (TPSA) is 36.9 Å². The molecule has 0 aliphatic carbocycles. The van der Waals surface area contributed by atoms with Crippen molar-refractivity contribution in [2.75, 3.05) is 26.4 Å². The van der Waals surface area contributed by atoms with Crippen molar-refractivity contribution in [3.63, 3.8) is 0 Å². The van der Waals surface area contributed by atoms with Crippen LogP contribution in [0.3, 0.4) is 0 Å². The first-order valence-corrected chi connectivity index (χ1v) is 32.7. The van der Waals surface area contributed by atoms with Gasteiger partial charge in [-0.25, -0.2) is 43.9 Å². The van der Waals surface area contributed by atoms with Gasteiger partial charge in [-0.3, -0.25) is 0 Å². The Kier molecular flexibility index (Phi) is 39.9. The Morgan fingerprint density at radius 3 is 0.512 bits per heavy atom. The van der Waals surface area contributed by atoms with Crippen LogP contribution in [-0.2, 0) is 0 Å². The van der Waals surface area contributed by atoms with Crippen molar-refractivity contribution in [2.24, 2.45) is 0 Å². The molecule has 14 heteroatoms. The van der Waals surface area contributed by atoms with E-state index in [0.29, 0.717) is 25.7 Å². The molecule has 0 saturated carbocycles. The summed E-state index contributed by atoms with van der Waals surface area (Å²) in [4.78, 5) is 0. The molecule has 0 radical (unpaired) electrons. The second-order valence-electron chi connectivity index (χ2n) is 22.6. The molecule has 0 atom stereocenters. The van der Waals surface area contributed by atoms with E-state index in [0.717, 1.165) is 180 Å². The molecule has 0 aliphatic heterocycles. The molecule has 3 aromatic carbocycles.